The van der Waals surface area contributed by atoms with Gasteiger partial charge in [-0.3, -0.25) is 9.69 Å². The number of hydrogen-bond acceptors (Lipinski definition) is 5. The molecule has 0 aromatic heterocycles. The van der Waals surface area contributed by atoms with Crippen molar-refractivity contribution in [1.82, 2.24) is 4.90 Å². The summed E-state index contributed by atoms with van der Waals surface area (Å²) in [4.78, 5) is 15.5. The first kappa shape index (κ1) is 22.7. The first-order valence-corrected chi connectivity index (χ1v) is 11.8. The maximum absolute atomic E-state index is 13.1. The monoisotopic (exact) mass is 437 g/mol. The Hall–Kier alpha value is -2.53. The summed E-state index contributed by atoms with van der Waals surface area (Å²) in [6.45, 7) is 6.57. The van der Waals surface area contributed by atoms with Crippen molar-refractivity contribution in [3.05, 3.63) is 59.7 Å². The molecule has 2 aliphatic rings. The molecule has 172 valence electrons. The van der Waals surface area contributed by atoms with E-state index in [0.29, 0.717) is 13.2 Å². The number of carbonyl (C=O) groups is 1. The fourth-order valence-electron chi connectivity index (χ4n) is 5.22. The third-order valence-electron chi connectivity index (χ3n) is 6.94. The van der Waals surface area contributed by atoms with E-state index in [2.05, 4.69) is 41.3 Å². The highest BCUT2D eigenvalue weighted by Gasteiger charge is 2.50. The Balaban J connectivity index is 1.62. The molecular weight excluding hydrogens is 402 g/mol. The Bertz CT molecular complexity index is 909. The molecule has 1 heterocycles. The molecular formula is C27H35NO4. The van der Waals surface area contributed by atoms with Crippen LogP contribution >= 0.6 is 0 Å². The van der Waals surface area contributed by atoms with Gasteiger partial charge in [0.25, 0.3) is 0 Å². The van der Waals surface area contributed by atoms with Gasteiger partial charge in [0, 0.05) is 25.6 Å². The van der Waals surface area contributed by atoms with E-state index in [1.807, 2.05) is 26.0 Å². The maximum Gasteiger partial charge on any atom is 0.313 e. The molecule has 1 aliphatic carbocycles. The van der Waals surface area contributed by atoms with E-state index in [4.69, 9.17) is 14.2 Å². The molecule has 1 saturated heterocycles. The Morgan fingerprint density at radius 3 is 2.53 bits per heavy atom. The number of ether oxygens (including phenoxy) is 3. The second-order valence-corrected chi connectivity index (χ2v) is 9.28. The fourth-order valence-corrected chi connectivity index (χ4v) is 5.22. The van der Waals surface area contributed by atoms with E-state index < -0.39 is 5.41 Å². The standard InChI is InChI=1S/C27H35NO4/c1-4-31-26(29)27(2)19-28(17-20-10-6-5-7-11-20)18-23(27)21-14-15-24(30-3)25(16-21)32-22-12-8-9-13-22/h5-7,10-11,14-16,22-23H,4,8-9,12-13,17-19H2,1-3H3. The van der Waals surface area contributed by atoms with Crippen LogP contribution < -0.4 is 9.47 Å². The summed E-state index contributed by atoms with van der Waals surface area (Å²) in [6, 6.07) is 16.6. The highest BCUT2D eigenvalue weighted by atomic mass is 16.5. The first-order chi connectivity index (χ1) is 15.5. The van der Waals surface area contributed by atoms with Crippen molar-refractivity contribution >= 4 is 5.97 Å². The molecule has 32 heavy (non-hydrogen) atoms. The average molecular weight is 438 g/mol. The summed E-state index contributed by atoms with van der Waals surface area (Å²) in [5, 5.41) is 0. The van der Waals surface area contributed by atoms with E-state index in [1.54, 1.807) is 7.11 Å². The molecule has 0 N–H and O–H groups in total. The van der Waals surface area contributed by atoms with Crippen LogP contribution in [0.1, 0.15) is 56.6 Å². The van der Waals surface area contributed by atoms with Gasteiger partial charge >= 0.3 is 5.97 Å². The Labute approximate surface area is 191 Å². The molecule has 0 radical (unpaired) electrons. The number of nitrogens with zero attached hydrogens (tertiary/aromatic N) is 1. The van der Waals surface area contributed by atoms with Gasteiger partial charge in [-0.2, -0.15) is 0 Å². The highest BCUT2D eigenvalue weighted by molar-refractivity contribution is 5.79. The fraction of sp³-hybridized carbons (Fsp3) is 0.519. The number of likely N-dealkylation sites (tertiary alicyclic amines) is 1. The Kier molecular flexibility index (Phi) is 7.04. The lowest BCUT2D eigenvalue weighted by atomic mass is 9.76. The van der Waals surface area contributed by atoms with E-state index in [0.717, 1.165) is 43.0 Å². The molecule has 5 nitrogen and oxygen atoms in total. The van der Waals surface area contributed by atoms with Gasteiger partial charge in [0.1, 0.15) is 0 Å². The zero-order valence-electron chi connectivity index (χ0n) is 19.5. The van der Waals surface area contributed by atoms with Gasteiger partial charge in [-0.15, -0.1) is 0 Å². The van der Waals surface area contributed by atoms with Crippen molar-refractivity contribution < 1.29 is 19.0 Å². The number of benzene rings is 2. The SMILES string of the molecule is CCOC(=O)C1(C)CN(Cc2ccccc2)CC1c1ccc(OC)c(OC2CCCC2)c1. The molecule has 0 spiro atoms. The molecule has 2 aromatic rings. The Morgan fingerprint density at radius 2 is 1.84 bits per heavy atom. The normalized spacial score (nSPS) is 23.9. The van der Waals surface area contributed by atoms with Crippen molar-refractivity contribution in [3.8, 4) is 11.5 Å². The Morgan fingerprint density at radius 1 is 1.09 bits per heavy atom. The van der Waals surface area contributed by atoms with E-state index in [1.165, 1.54) is 18.4 Å². The number of rotatable bonds is 8. The lowest BCUT2D eigenvalue weighted by Gasteiger charge is -2.29. The molecule has 2 unspecified atom stereocenters. The number of hydrogen-bond donors (Lipinski definition) is 0. The van der Waals surface area contributed by atoms with Crippen LogP contribution in [0.4, 0.5) is 0 Å². The molecule has 0 bridgehead atoms. The van der Waals surface area contributed by atoms with Crippen LogP contribution in [-0.4, -0.2) is 43.8 Å². The molecule has 5 heteroatoms. The summed E-state index contributed by atoms with van der Waals surface area (Å²) in [7, 11) is 1.68. The molecule has 2 atom stereocenters. The van der Waals surface area contributed by atoms with E-state index in [9.17, 15) is 4.79 Å². The minimum absolute atomic E-state index is 0.0158. The summed E-state index contributed by atoms with van der Waals surface area (Å²) in [5.74, 6) is 1.42. The third kappa shape index (κ3) is 4.78. The second-order valence-electron chi connectivity index (χ2n) is 9.28. The minimum atomic E-state index is -0.621. The zero-order valence-corrected chi connectivity index (χ0v) is 19.5. The summed E-state index contributed by atoms with van der Waals surface area (Å²) < 4.78 is 17.5. The van der Waals surface area contributed by atoms with Gasteiger partial charge < -0.3 is 14.2 Å². The van der Waals surface area contributed by atoms with Crippen molar-refractivity contribution in [2.45, 2.75) is 58.1 Å². The van der Waals surface area contributed by atoms with Crippen molar-refractivity contribution in [3.63, 3.8) is 0 Å². The smallest absolute Gasteiger partial charge is 0.313 e. The summed E-state index contributed by atoms with van der Waals surface area (Å²) >= 11 is 0. The van der Waals surface area contributed by atoms with Crippen molar-refractivity contribution in [2.75, 3.05) is 26.8 Å². The topological polar surface area (TPSA) is 48.0 Å². The van der Waals surface area contributed by atoms with Crippen molar-refractivity contribution in [1.29, 1.82) is 0 Å². The van der Waals surface area contributed by atoms with Gasteiger partial charge in [-0.25, -0.2) is 0 Å². The van der Waals surface area contributed by atoms with Crippen LogP contribution in [-0.2, 0) is 16.1 Å². The van der Waals surface area contributed by atoms with Crippen LogP contribution in [0, 0.1) is 5.41 Å². The van der Waals surface area contributed by atoms with Gasteiger partial charge in [0.15, 0.2) is 11.5 Å². The van der Waals surface area contributed by atoms with Crippen LogP contribution in [0.25, 0.3) is 0 Å². The van der Waals surface area contributed by atoms with E-state index >= 15 is 0 Å². The van der Waals surface area contributed by atoms with Gasteiger partial charge in [-0.05, 0) is 62.8 Å². The summed E-state index contributed by atoms with van der Waals surface area (Å²) in [6.07, 6.45) is 4.84. The number of methoxy groups -OCH3 is 1. The summed E-state index contributed by atoms with van der Waals surface area (Å²) in [5.41, 5.74) is 1.73. The lowest BCUT2D eigenvalue weighted by molar-refractivity contribution is -0.154. The van der Waals surface area contributed by atoms with E-state index in [-0.39, 0.29) is 18.0 Å². The van der Waals surface area contributed by atoms with Crippen LogP contribution in [0.15, 0.2) is 48.5 Å². The molecule has 2 aromatic carbocycles. The van der Waals surface area contributed by atoms with Crippen LogP contribution in [0.3, 0.4) is 0 Å². The maximum atomic E-state index is 13.1. The average Bonchev–Trinajstić information content (AvgIpc) is 3.43. The third-order valence-corrected chi connectivity index (χ3v) is 6.94. The molecule has 0 amide bonds. The van der Waals surface area contributed by atoms with Gasteiger partial charge in [-0.1, -0.05) is 36.4 Å². The minimum Gasteiger partial charge on any atom is -0.493 e. The number of carbonyl (C=O) groups excluding carboxylic acids is 1. The quantitative estimate of drug-likeness (QED) is 0.532. The molecule has 1 saturated carbocycles. The zero-order chi connectivity index (χ0) is 22.6. The van der Waals surface area contributed by atoms with Crippen molar-refractivity contribution in [2.24, 2.45) is 5.41 Å². The van der Waals surface area contributed by atoms with Crippen LogP contribution in [0.2, 0.25) is 0 Å². The second kappa shape index (κ2) is 9.95. The molecule has 2 fully saturated rings. The van der Waals surface area contributed by atoms with Gasteiger partial charge in [0.05, 0.1) is 25.2 Å². The predicted octanol–water partition coefficient (Wildman–Crippen LogP) is 5.19. The highest BCUT2D eigenvalue weighted by Crippen LogP contribution is 2.46. The molecule has 1 aliphatic heterocycles. The largest absolute Gasteiger partial charge is 0.493 e. The van der Waals surface area contributed by atoms with Crippen LogP contribution in [0.5, 0.6) is 11.5 Å². The molecule has 4 rings (SSSR count). The lowest BCUT2D eigenvalue weighted by Crippen LogP contribution is -2.36. The predicted molar refractivity (Wildman–Crippen MR) is 125 cm³/mol. The van der Waals surface area contributed by atoms with Gasteiger partial charge in [0.2, 0.25) is 0 Å². The number of esters is 1. The first-order valence-electron chi connectivity index (χ1n) is 11.8.